The minimum atomic E-state index is -4.62. The van der Waals surface area contributed by atoms with Crippen molar-refractivity contribution in [2.45, 2.75) is 19.1 Å². The molecule has 0 saturated carbocycles. The highest BCUT2D eigenvalue weighted by Gasteiger charge is 2.32. The third-order valence-corrected chi connectivity index (χ3v) is 3.70. The zero-order valence-corrected chi connectivity index (χ0v) is 13.9. The van der Waals surface area contributed by atoms with Crippen LogP contribution in [0.1, 0.15) is 33.1 Å². The van der Waals surface area contributed by atoms with Gasteiger partial charge in [-0.2, -0.15) is 13.2 Å². The van der Waals surface area contributed by atoms with Gasteiger partial charge in [-0.15, -0.1) is 0 Å². The molecule has 2 aromatic rings. The molecule has 0 radical (unpaired) electrons. The highest BCUT2D eigenvalue weighted by Crippen LogP contribution is 2.31. The van der Waals surface area contributed by atoms with Crippen LogP contribution in [0.25, 0.3) is 0 Å². The fourth-order valence-corrected chi connectivity index (χ4v) is 2.32. The predicted octanol–water partition coefficient (Wildman–Crippen LogP) is 3.80. The Hall–Kier alpha value is -2.90. The van der Waals surface area contributed by atoms with Crippen LogP contribution in [0, 0.1) is 12.7 Å². The minimum Gasteiger partial charge on any atom is -0.467 e. The molecule has 0 aromatic heterocycles. The molecule has 0 bridgehead atoms. The van der Waals surface area contributed by atoms with Crippen LogP contribution in [0.3, 0.4) is 0 Å². The summed E-state index contributed by atoms with van der Waals surface area (Å²) < 4.78 is 57.3. The van der Waals surface area contributed by atoms with Gasteiger partial charge < -0.3 is 10.1 Å². The number of amides is 1. The maximum Gasteiger partial charge on any atom is 0.416 e. The molecule has 4 nitrogen and oxygen atoms in total. The van der Waals surface area contributed by atoms with Gasteiger partial charge in [0.15, 0.2) is 6.04 Å². The van der Waals surface area contributed by atoms with E-state index in [4.69, 9.17) is 0 Å². The Balaban J connectivity index is 2.39. The Bertz CT molecular complexity index is 833. The lowest BCUT2D eigenvalue weighted by atomic mass is 10.0. The van der Waals surface area contributed by atoms with Crippen LogP contribution in [-0.2, 0) is 15.7 Å². The van der Waals surface area contributed by atoms with Gasteiger partial charge in [0, 0.05) is 0 Å². The van der Waals surface area contributed by atoms with Gasteiger partial charge in [0.25, 0.3) is 5.91 Å². The quantitative estimate of drug-likeness (QED) is 0.659. The van der Waals surface area contributed by atoms with Crippen molar-refractivity contribution in [3.05, 3.63) is 70.5 Å². The maximum atomic E-state index is 14.1. The molecule has 1 amide bonds. The molecule has 0 aliphatic heterocycles. The molecule has 0 aliphatic carbocycles. The Morgan fingerprint density at radius 2 is 1.77 bits per heavy atom. The molecule has 0 aliphatic rings. The first-order valence-electron chi connectivity index (χ1n) is 7.46. The number of halogens is 4. The average Bonchev–Trinajstić information content (AvgIpc) is 2.60. The van der Waals surface area contributed by atoms with Gasteiger partial charge in [0.1, 0.15) is 5.82 Å². The lowest BCUT2D eigenvalue weighted by molar-refractivity contribution is -0.143. The first-order chi connectivity index (χ1) is 12.1. The molecule has 0 saturated heterocycles. The van der Waals surface area contributed by atoms with E-state index in [-0.39, 0.29) is 16.7 Å². The van der Waals surface area contributed by atoms with Crippen LogP contribution >= 0.6 is 0 Å². The Labute approximate surface area is 146 Å². The third kappa shape index (κ3) is 4.19. The monoisotopic (exact) mass is 369 g/mol. The number of carbonyl (C=O) groups is 2. The largest absolute Gasteiger partial charge is 0.467 e. The number of esters is 1. The van der Waals surface area contributed by atoms with Crippen molar-refractivity contribution >= 4 is 11.9 Å². The number of carbonyl (C=O) groups excluding carboxylic acids is 2. The maximum absolute atomic E-state index is 14.1. The zero-order valence-electron chi connectivity index (χ0n) is 13.9. The normalized spacial score (nSPS) is 12.4. The van der Waals surface area contributed by atoms with E-state index in [1.165, 1.54) is 31.2 Å². The number of nitrogens with one attached hydrogen (secondary N) is 1. The van der Waals surface area contributed by atoms with Crippen molar-refractivity contribution in [3.8, 4) is 0 Å². The van der Waals surface area contributed by atoms with Crippen LogP contribution in [0.15, 0.2) is 42.5 Å². The summed E-state index contributed by atoms with van der Waals surface area (Å²) in [6.45, 7) is 1.46. The van der Waals surface area contributed by atoms with Crippen LogP contribution in [-0.4, -0.2) is 19.0 Å². The third-order valence-electron chi connectivity index (χ3n) is 3.70. The van der Waals surface area contributed by atoms with Gasteiger partial charge in [0.05, 0.1) is 18.2 Å². The zero-order chi connectivity index (χ0) is 19.5. The number of alkyl halides is 3. The second kappa shape index (κ2) is 7.55. The van der Waals surface area contributed by atoms with Gasteiger partial charge in [0.2, 0.25) is 0 Å². The van der Waals surface area contributed by atoms with Crippen molar-refractivity contribution in [1.29, 1.82) is 0 Å². The molecule has 1 atom stereocenters. The van der Waals surface area contributed by atoms with Gasteiger partial charge >= 0.3 is 12.1 Å². The second-order valence-electron chi connectivity index (χ2n) is 5.49. The predicted molar refractivity (Wildman–Crippen MR) is 84.8 cm³/mol. The fraction of sp³-hybridized carbons (Fsp3) is 0.222. The molecular formula is C18H15F4NO3. The topological polar surface area (TPSA) is 55.4 Å². The number of rotatable bonds is 4. The number of aryl methyl sites for hydroxylation is 1. The summed E-state index contributed by atoms with van der Waals surface area (Å²) in [6, 6.07) is 6.50. The number of benzene rings is 2. The minimum absolute atomic E-state index is 0.131. The van der Waals surface area contributed by atoms with Gasteiger partial charge in [-0.25, -0.2) is 9.18 Å². The first kappa shape index (κ1) is 19.4. The van der Waals surface area contributed by atoms with Gasteiger partial charge in [-0.1, -0.05) is 24.3 Å². The molecule has 1 unspecified atom stereocenters. The summed E-state index contributed by atoms with van der Waals surface area (Å²) in [5, 5.41) is 2.23. The summed E-state index contributed by atoms with van der Waals surface area (Å²) in [4.78, 5) is 24.3. The Kier molecular flexibility index (Phi) is 5.64. The smallest absolute Gasteiger partial charge is 0.416 e. The van der Waals surface area contributed by atoms with E-state index in [0.29, 0.717) is 0 Å². The van der Waals surface area contributed by atoms with Gasteiger partial charge in [-0.3, -0.25) is 4.79 Å². The molecule has 0 spiro atoms. The number of hydrogen-bond donors (Lipinski definition) is 1. The van der Waals surface area contributed by atoms with E-state index in [1.807, 2.05) is 0 Å². The molecule has 138 valence electrons. The summed E-state index contributed by atoms with van der Waals surface area (Å²) >= 11 is 0. The van der Waals surface area contributed by atoms with E-state index >= 15 is 0 Å². The van der Waals surface area contributed by atoms with Crippen LogP contribution in [0.4, 0.5) is 17.6 Å². The van der Waals surface area contributed by atoms with Crippen LogP contribution in [0.5, 0.6) is 0 Å². The summed E-state index contributed by atoms with van der Waals surface area (Å²) in [5.74, 6) is -2.71. The molecule has 8 heteroatoms. The van der Waals surface area contributed by atoms with E-state index in [2.05, 4.69) is 10.1 Å². The van der Waals surface area contributed by atoms with Crippen molar-refractivity contribution in [3.63, 3.8) is 0 Å². The lowest BCUT2D eigenvalue weighted by Gasteiger charge is -2.18. The molecular weight excluding hydrogens is 354 g/mol. The molecule has 0 fully saturated rings. The number of ether oxygens (including phenoxy) is 1. The fourth-order valence-electron chi connectivity index (χ4n) is 2.32. The highest BCUT2D eigenvalue weighted by molar-refractivity contribution is 5.97. The lowest BCUT2D eigenvalue weighted by Crippen LogP contribution is -2.35. The average molecular weight is 369 g/mol. The first-order valence-corrected chi connectivity index (χ1v) is 7.46. The van der Waals surface area contributed by atoms with Crippen molar-refractivity contribution < 1.29 is 31.9 Å². The molecule has 26 heavy (non-hydrogen) atoms. The summed E-state index contributed by atoms with van der Waals surface area (Å²) in [7, 11) is 1.03. The molecule has 0 heterocycles. The standard InChI is InChI=1S/C18H15F4NO3/c1-10-5-3-8-13(14(10)19)16(24)23-15(17(25)26-2)11-6-4-7-12(9-11)18(20,21)22/h3-9,15H,1-2H3,(H,23,24). The van der Waals surface area contributed by atoms with E-state index in [1.54, 1.807) is 0 Å². The summed E-state index contributed by atoms with van der Waals surface area (Å²) in [6.07, 6.45) is -4.62. The molecule has 2 aromatic carbocycles. The van der Waals surface area contributed by atoms with E-state index in [0.717, 1.165) is 25.3 Å². The second-order valence-corrected chi connectivity index (χ2v) is 5.49. The number of methoxy groups -OCH3 is 1. The van der Waals surface area contributed by atoms with Crippen LogP contribution < -0.4 is 5.32 Å². The Morgan fingerprint density at radius 1 is 1.12 bits per heavy atom. The summed E-state index contributed by atoms with van der Waals surface area (Å²) in [5.41, 5.74) is -1.23. The van der Waals surface area contributed by atoms with E-state index in [9.17, 15) is 27.2 Å². The number of hydrogen-bond acceptors (Lipinski definition) is 3. The van der Waals surface area contributed by atoms with Crippen LogP contribution in [0.2, 0.25) is 0 Å². The highest BCUT2D eigenvalue weighted by atomic mass is 19.4. The SMILES string of the molecule is COC(=O)C(NC(=O)c1cccc(C)c1F)c1cccc(C(F)(F)F)c1. The Morgan fingerprint density at radius 3 is 2.38 bits per heavy atom. The van der Waals surface area contributed by atoms with E-state index < -0.39 is 35.5 Å². The molecule has 2 rings (SSSR count). The van der Waals surface area contributed by atoms with Crippen molar-refractivity contribution in [1.82, 2.24) is 5.32 Å². The van der Waals surface area contributed by atoms with Crippen molar-refractivity contribution in [2.75, 3.05) is 7.11 Å². The van der Waals surface area contributed by atoms with Gasteiger partial charge in [-0.05, 0) is 36.2 Å². The van der Waals surface area contributed by atoms with Crippen molar-refractivity contribution in [2.24, 2.45) is 0 Å². The molecule has 1 N–H and O–H groups in total.